The van der Waals surface area contributed by atoms with Crippen molar-refractivity contribution in [3.8, 4) is 0 Å². The largest absolute Gasteiger partial charge is 0.480 e. The second kappa shape index (κ2) is 7.59. The van der Waals surface area contributed by atoms with E-state index in [9.17, 15) is 14.7 Å². The molecule has 110 valence electrons. The van der Waals surface area contributed by atoms with Gasteiger partial charge in [0.15, 0.2) is 0 Å². The summed E-state index contributed by atoms with van der Waals surface area (Å²) in [4.78, 5) is 26.7. The van der Waals surface area contributed by atoms with Gasteiger partial charge in [-0.1, -0.05) is 6.92 Å². The van der Waals surface area contributed by atoms with E-state index in [0.29, 0.717) is 12.3 Å². The first-order valence-electron chi connectivity index (χ1n) is 6.55. The molecule has 0 bridgehead atoms. The average Bonchev–Trinajstić information content (AvgIpc) is 2.81. The van der Waals surface area contributed by atoms with Crippen LogP contribution in [0.15, 0.2) is 0 Å². The molecule has 2 N–H and O–H groups in total. The average molecular weight is 289 g/mol. The lowest BCUT2D eigenvalue weighted by Crippen LogP contribution is -2.50. The van der Waals surface area contributed by atoms with E-state index < -0.39 is 12.0 Å². The number of hydrogen-bond donors (Lipinski definition) is 2. The lowest BCUT2D eigenvalue weighted by Gasteiger charge is -2.31. The highest BCUT2D eigenvalue weighted by Crippen LogP contribution is 2.32. The molecule has 0 aromatic carbocycles. The van der Waals surface area contributed by atoms with Crippen molar-refractivity contribution >= 4 is 23.8 Å². The molecule has 1 aliphatic rings. The van der Waals surface area contributed by atoms with Crippen molar-refractivity contribution in [2.24, 2.45) is 0 Å². The van der Waals surface area contributed by atoms with Gasteiger partial charge in [0.25, 0.3) is 0 Å². The first-order valence-corrected chi connectivity index (χ1v) is 7.60. The Morgan fingerprint density at radius 1 is 1.53 bits per heavy atom. The monoisotopic (exact) mass is 289 g/mol. The molecule has 0 saturated carbocycles. The number of amides is 2. The number of nitrogens with zero attached hydrogens (tertiary/aromatic N) is 2. The van der Waals surface area contributed by atoms with Gasteiger partial charge < -0.3 is 15.3 Å². The van der Waals surface area contributed by atoms with Crippen LogP contribution in [0.3, 0.4) is 0 Å². The van der Waals surface area contributed by atoms with Gasteiger partial charge >= 0.3 is 12.0 Å². The van der Waals surface area contributed by atoms with Crippen LogP contribution in [0.2, 0.25) is 0 Å². The van der Waals surface area contributed by atoms with Crippen molar-refractivity contribution in [3.05, 3.63) is 0 Å². The van der Waals surface area contributed by atoms with E-state index in [0.717, 1.165) is 19.4 Å². The highest BCUT2D eigenvalue weighted by atomic mass is 32.2. The van der Waals surface area contributed by atoms with Crippen LogP contribution < -0.4 is 5.32 Å². The van der Waals surface area contributed by atoms with Crippen LogP contribution in [-0.2, 0) is 4.79 Å². The van der Waals surface area contributed by atoms with E-state index >= 15 is 0 Å². The van der Waals surface area contributed by atoms with Gasteiger partial charge in [0.05, 0.1) is 5.37 Å². The van der Waals surface area contributed by atoms with Gasteiger partial charge in [-0.25, -0.2) is 9.59 Å². The van der Waals surface area contributed by atoms with Crippen molar-refractivity contribution in [2.75, 3.05) is 32.9 Å². The summed E-state index contributed by atoms with van der Waals surface area (Å²) in [7, 11) is 3.60. The maximum absolute atomic E-state index is 12.4. The first-order chi connectivity index (χ1) is 9.02. The van der Waals surface area contributed by atoms with Crippen molar-refractivity contribution in [1.82, 2.24) is 15.1 Å². The number of hydrogen-bond acceptors (Lipinski definition) is 4. The van der Waals surface area contributed by atoms with Gasteiger partial charge in [-0.2, -0.15) is 0 Å². The third kappa shape index (κ3) is 4.01. The van der Waals surface area contributed by atoms with E-state index in [1.807, 2.05) is 14.0 Å². The zero-order valence-electron chi connectivity index (χ0n) is 11.8. The smallest absolute Gasteiger partial charge is 0.327 e. The molecule has 1 heterocycles. The standard InChI is InChI=1S/C12H23N3O3S/c1-4-10-15(9(8-19-10)11(16)17)12(18)14(3)7-5-6-13-2/h9-10,13H,4-8H2,1-3H3,(H,16,17). The van der Waals surface area contributed by atoms with E-state index in [1.54, 1.807) is 23.7 Å². The summed E-state index contributed by atoms with van der Waals surface area (Å²) in [6.45, 7) is 3.44. The Balaban J connectivity index is 2.67. The number of carbonyl (C=O) groups is 2. The molecule has 2 atom stereocenters. The van der Waals surface area contributed by atoms with Crippen molar-refractivity contribution < 1.29 is 14.7 Å². The summed E-state index contributed by atoms with van der Waals surface area (Å²) in [6.07, 6.45) is 1.62. The number of rotatable bonds is 6. The summed E-state index contributed by atoms with van der Waals surface area (Å²) in [6, 6.07) is -0.880. The molecule has 2 amide bonds. The molecule has 1 rings (SSSR count). The van der Waals surface area contributed by atoms with Gasteiger partial charge in [0, 0.05) is 19.3 Å². The number of aliphatic carboxylic acids is 1. The summed E-state index contributed by atoms with van der Waals surface area (Å²) in [5, 5.41) is 12.2. The highest BCUT2D eigenvalue weighted by molar-refractivity contribution is 8.00. The lowest BCUT2D eigenvalue weighted by atomic mass is 10.2. The van der Waals surface area contributed by atoms with E-state index in [1.165, 1.54) is 4.90 Å². The Morgan fingerprint density at radius 3 is 2.74 bits per heavy atom. The van der Waals surface area contributed by atoms with Crippen molar-refractivity contribution in [1.29, 1.82) is 0 Å². The Labute approximate surface area is 118 Å². The zero-order valence-corrected chi connectivity index (χ0v) is 12.6. The molecule has 0 spiro atoms. The predicted molar refractivity (Wildman–Crippen MR) is 76.4 cm³/mol. The Bertz CT molecular complexity index is 327. The zero-order chi connectivity index (χ0) is 14.4. The van der Waals surface area contributed by atoms with Crippen LogP contribution >= 0.6 is 11.8 Å². The molecule has 19 heavy (non-hydrogen) atoms. The number of thioether (sulfide) groups is 1. The van der Waals surface area contributed by atoms with Crippen LogP contribution in [0.5, 0.6) is 0 Å². The normalized spacial score (nSPS) is 22.6. The minimum atomic E-state index is -0.916. The minimum Gasteiger partial charge on any atom is -0.480 e. The van der Waals surface area contributed by atoms with Crippen LogP contribution in [0.1, 0.15) is 19.8 Å². The van der Waals surface area contributed by atoms with Gasteiger partial charge in [-0.3, -0.25) is 4.90 Å². The molecule has 0 radical (unpaired) electrons. The Kier molecular flexibility index (Phi) is 6.44. The topological polar surface area (TPSA) is 72.9 Å². The predicted octanol–water partition coefficient (Wildman–Crippen LogP) is 0.886. The molecule has 0 aromatic heterocycles. The summed E-state index contributed by atoms with van der Waals surface area (Å²) >= 11 is 1.55. The minimum absolute atomic E-state index is 0.0275. The van der Waals surface area contributed by atoms with Gasteiger partial charge in [0.1, 0.15) is 6.04 Å². The fraction of sp³-hybridized carbons (Fsp3) is 0.833. The number of urea groups is 1. The number of carbonyl (C=O) groups excluding carboxylic acids is 1. The van der Waals surface area contributed by atoms with Crippen molar-refractivity contribution in [3.63, 3.8) is 0 Å². The molecule has 1 saturated heterocycles. The molecule has 1 aliphatic heterocycles. The van der Waals surface area contributed by atoms with E-state index in [-0.39, 0.29) is 11.4 Å². The van der Waals surface area contributed by atoms with E-state index in [4.69, 9.17) is 0 Å². The maximum atomic E-state index is 12.4. The van der Waals surface area contributed by atoms with Crippen LogP contribution in [0, 0.1) is 0 Å². The third-order valence-corrected chi connectivity index (χ3v) is 4.65. The second-order valence-corrected chi connectivity index (χ2v) is 5.83. The summed E-state index contributed by atoms with van der Waals surface area (Å²) in [5.74, 6) is -0.440. The van der Waals surface area contributed by atoms with Gasteiger partial charge in [0.2, 0.25) is 0 Å². The van der Waals surface area contributed by atoms with Gasteiger partial charge in [-0.05, 0) is 26.4 Å². The molecule has 0 aliphatic carbocycles. The van der Waals surface area contributed by atoms with Crippen LogP contribution in [0.25, 0.3) is 0 Å². The maximum Gasteiger partial charge on any atom is 0.327 e. The molecule has 2 unspecified atom stereocenters. The molecule has 1 fully saturated rings. The number of nitrogens with one attached hydrogen (secondary N) is 1. The molecule has 7 heteroatoms. The Morgan fingerprint density at radius 2 is 2.21 bits per heavy atom. The highest BCUT2D eigenvalue weighted by Gasteiger charge is 2.41. The lowest BCUT2D eigenvalue weighted by molar-refractivity contribution is -0.141. The van der Waals surface area contributed by atoms with Crippen molar-refractivity contribution in [2.45, 2.75) is 31.2 Å². The van der Waals surface area contributed by atoms with Gasteiger partial charge in [-0.15, -0.1) is 11.8 Å². The third-order valence-electron chi connectivity index (χ3n) is 3.19. The molecular weight excluding hydrogens is 266 g/mol. The fourth-order valence-electron chi connectivity index (χ4n) is 2.11. The summed E-state index contributed by atoms with van der Waals surface area (Å²) in [5.41, 5.74) is 0. The molecule has 6 nitrogen and oxygen atoms in total. The second-order valence-electron chi connectivity index (χ2n) is 4.62. The molecular formula is C12H23N3O3S. The Hall–Kier alpha value is -0.950. The van der Waals surface area contributed by atoms with Crippen LogP contribution in [-0.4, -0.2) is 71.3 Å². The summed E-state index contributed by atoms with van der Waals surface area (Å²) < 4.78 is 0. The fourth-order valence-corrected chi connectivity index (χ4v) is 3.45. The quantitative estimate of drug-likeness (QED) is 0.710. The first kappa shape index (κ1) is 16.1. The SMILES string of the molecule is CCC1SCC(C(=O)O)N1C(=O)N(C)CCCNC. The number of carboxylic acid groups (broad SMARTS) is 1. The van der Waals surface area contributed by atoms with Crippen LogP contribution in [0.4, 0.5) is 4.79 Å². The van der Waals surface area contributed by atoms with E-state index in [2.05, 4.69) is 5.32 Å². The molecule has 0 aromatic rings. The number of carboxylic acids is 1.